The standard InChI is InChI=1S/C17H14Cl2N4O2S/c18-11-6-7-14(13(19)8-11)20-16(24)10-26-17-21-15(22-23-17)9-25-12-4-2-1-3-5-12/h1-8H,9-10H2,(H,20,24)(H,21,22,23). The maximum absolute atomic E-state index is 12.0. The molecule has 134 valence electrons. The Balaban J connectivity index is 1.47. The Kier molecular flexibility index (Phi) is 6.38. The van der Waals surface area contributed by atoms with Gasteiger partial charge in [-0.05, 0) is 30.3 Å². The molecule has 2 N–H and O–H groups in total. The molecule has 0 saturated heterocycles. The van der Waals surface area contributed by atoms with E-state index in [1.807, 2.05) is 30.3 Å². The molecule has 1 aromatic heterocycles. The predicted molar refractivity (Wildman–Crippen MR) is 103 cm³/mol. The molecule has 1 amide bonds. The van der Waals surface area contributed by atoms with Gasteiger partial charge in [-0.1, -0.05) is 53.2 Å². The molecule has 0 aliphatic heterocycles. The van der Waals surface area contributed by atoms with Gasteiger partial charge >= 0.3 is 0 Å². The van der Waals surface area contributed by atoms with Crippen LogP contribution in [-0.4, -0.2) is 26.8 Å². The topological polar surface area (TPSA) is 79.9 Å². The second-order valence-corrected chi connectivity index (χ2v) is 6.91. The maximum Gasteiger partial charge on any atom is 0.234 e. The third kappa shape index (κ3) is 5.39. The van der Waals surface area contributed by atoms with E-state index in [-0.39, 0.29) is 18.3 Å². The van der Waals surface area contributed by atoms with Gasteiger partial charge in [0.05, 0.1) is 16.5 Å². The molecule has 3 aromatic rings. The van der Waals surface area contributed by atoms with Crippen LogP contribution in [0.3, 0.4) is 0 Å². The van der Waals surface area contributed by atoms with Crippen molar-refractivity contribution in [1.29, 1.82) is 0 Å². The summed E-state index contributed by atoms with van der Waals surface area (Å²) in [6.45, 7) is 0.268. The maximum atomic E-state index is 12.0. The number of benzene rings is 2. The van der Waals surface area contributed by atoms with Crippen molar-refractivity contribution in [2.24, 2.45) is 0 Å². The van der Waals surface area contributed by atoms with Gasteiger partial charge in [0.25, 0.3) is 0 Å². The van der Waals surface area contributed by atoms with Crippen LogP contribution >= 0.6 is 35.0 Å². The summed E-state index contributed by atoms with van der Waals surface area (Å²) in [6.07, 6.45) is 0. The minimum atomic E-state index is -0.217. The molecule has 6 nitrogen and oxygen atoms in total. The Labute approximate surface area is 164 Å². The minimum absolute atomic E-state index is 0.149. The Morgan fingerprint density at radius 1 is 1.19 bits per heavy atom. The van der Waals surface area contributed by atoms with Crippen LogP contribution in [0.25, 0.3) is 0 Å². The zero-order valence-corrected chi connectivity index (χ0v) is 15.7. The molecule has 0 spiro atoms. The first-order valence-electron chi connectivity index (χ1n) is 7.57. The third-order valence-electron chi connectivity index (χ3n) is 3.17. The van der Waals surface area contributed by atoms with Gasteiger partial charge in [0, 0.05) is 5.02 Å². The fourth-order valence-corrected chi connectivity index (χ4v) is 3.06. The van der Waals surface area contributed by atoms with Gasteiger partial charge in [0.1, 0.15) is 12.4 Å². The lowest BCUT2D eigenvalue weighted by Crippen LogP contribution is -2.14. The van der Waals surface area contributed by atoms with Gasteiger partial charge in [-0.3, -0.25) is 9.89 Å². The van der Waals surface area contributed by atoms with Crippen LogP contribution in [0.4, 0.5) is 5.69 Å². The highest BCUT2D eigenvalue weighted by atomic mass is 35.5. The summed E-state index contributed by atoms with van der Waals surface area (Å²) < 4.78 is 5.59. The van der Waals surface area contributed by atoms with E-state index in [1.165, 1.54) is 11.8 Å². The SMILES string of the molecule is O=C(CSc1n[nH]c(COc2ccccc2)n1)Nc1ccc(Cl)cc1Cl. The van der Waals surface area contributed by atoms with Crippen molar-refractivity contribution in [2.75, 3.05) is 11.1 Å². The van der Waals surface area contributed by atoms with Crippen molar-refractivity contribution in [1.82, 2.24) is 15.2 Å². The van der Waals surface area contributed by atoms with E-state index in [4.69, 9.17) is 27.9 Å². The molecular weight excluding hydrogens is 395 g/mol. The van der Waals surface area contributed by atoms with E-state index >= 15 is 0 Å². The van der Waals surface area contributed by atoms with Crippen molar-refractivity contribution in [2.45, 2.75) is 11.8 Å². The number of carbonyl (C=O) groups excluding carboxylic acids is 1. The number of amides is 1. The van der Waals surface area contributed by atoms with Gasteiger partial charge in [0.15, 0.2) is 5.82 Å². The fraction of sp³-hybridized carbons (Fsp3) is 0.118. The van der Waals surface area contributed by atoms with Crippen LogP contribution < -0.4 is 10.1 Å². The van der Waals surface area contributed by atoms with Crippen molar-refractivity contribution in [3.8, 4) is 5.75 Å². The Bertz CT molecular complexity index is 889. The fourth-order valence-electron chi connectivity index (χ4n) is 1.98. The van der Waals surface area contributed by atoms with Crippen LogP contribution in [-0.2, 0) is 11.4 Å². The number of nitrogens with zero attached hydrogens (tertiary/aromatic N) is 2. The summed E-state index contributed by atoms with van der Waals surface area (Å²) in [5.74, 6) is 1.26. The van der Waals surface area contributed by atoms with Crippen molar-refractivity contribution < 1.29 is 9.53 Å². The van der Waals surface area contributed by atoms with Crippen LogP contribution in [0.1, 0.15) is 5.82 Å². The Morgan fingerprint density at radius 3 is 2.77 bits per heavy atom. The minimum Gasteiger partial charge on any atom is -0.486 e. The number of hydrogen-bond acceptors (Lipinski definition) is 5. The zero-order valence-electron chi connectivity index (χ0n) is 13.4. The quantitative estimate of drug-likeness (QED) is 0.565. The number of halogens is 2. The molecule has 3 rings (SSSR count). The number of nitrogens with one attached hydrogen (secondary N) is 2. The van der Waals surface area contributed by atoms with Gasteiger partial charge < -0.3 is 10.1 Å². The highest BCUT2D eigenvalue weighted by Crippen LogP contribution is 2.25. The van der Waals surface area contributed by atoms with Crippen LogP contribution in [0.2, 0.25) is 10.0 Å². The van der Waals surface area contributed by atoms with E-state index in [2.05, 4.69) is 20.5 Å². The molecule has 0 fully saturated rings. The molecule has 0 unspecified atom stereocenters. The van der Waals surface area contributed by atoms with Crippen molar-refractivity contribution in [3.63, 3.8) is 0 Å². The van der Waals surface area contributed by atoms with Gasteiger partial charge in [-0.15, -0.1) is 5.10 Å². The second-order valence-electron chi connectivity index (χ2n) is 5.13. The summed E-state index contributed by atoms with van der Waals surface area (Å²) in [5, 5.41) is 10.9. The third-order valence-corrected chi connectivity index (χ3v) is 4.56. The van der Waals surface area contributed by atoms with Crippen molar-refractivity contribution >= 4 is 46.6 Å². The van der Waals surface area contributed by atoms with E-state index in [9.17, 15) is 4.79 Å². The number of H-pyrrole nitrogens is 1. The lowest BCUT2D eigenvalue weighted by atomic mass is 10.3. The number of aromatic nitrogens is 3. The summed E-state index contributed by atoms with van der Waals surface area (Å²) in [7, 11) is 0. The number of aromatic amines is 1. The molecule has 0 aliphatic carbocycles. The van der Waals surface area contributed by atoms with Gasteiger partial charge in [0.2, 0.25) is 11.1 Å². The van der Waals surface area contributed by atoms with Crippen LogP contribution in [0.5, 0.6) is 5.75 Å². The first-order chi connectivity index (χ1) is 12.6. The normalized spacial score (nSPS) is 10.5. The highest BCUT2D eigenvalue weighted by Gasteiger charge is 2.10. The predicted octanol–water partition coefficient (Wildman–Crippen LogP) is 4.42. The first kappa shape index (κ1) is 18.6. The average molecular weight is 409 g/mol. The monoisotopic (exact) mass is 408 g/mol. The lowest BCUT2D eigenvalue weighted by Gasteiger charge is -2.06. The molecular formula is C17H14Cl2N4O2S. The largest absolute Gasteiger partial charge is 0.486 e. The number of para-hydroxylation sites is 1. The summed E-state index contributed by atoms with van der Waals surface area (Å²) in [6, 6.07) is 14.3. The van der Waals surface area contributed by atoms with Gasteiger partial charge in [-0.2, -0.15) is 0 Å². The number of rotatable bonds is 7. The molecule has 2 aromatic carbocycles. The Hall–Kier alpha value is -2.22. The van der Waals surface area contributed by atoms with E-state index < -0.39 is 0 Å². The molecule has 0 aliphatic rings. The molecule has 0 radical (unpaired) electrons. The second kappa shape index (κ2) is 8.93. The number of carbonyl (C=O) groups is 1. The van der Waals surface area contributed by atoms with Crippen LogP contribution in [0, 0.1) is 0 Å². The molecule has 0 atom stereocenters. The molecule has 9 heteroatoms. The molecule has 0 saturated carbocycles. The number of anilines is 1. The van der Waals surface area contributed by atoms with E-state index in [1.54, 1.807) is 18.2 Å². The van der Waals surface area contributed by atoms with Crippen molar-refractivity contribution in [3.05, 3.63) is 64.4 Å². The number of thioether (sulfide) groups is 1. The Morgan fingerprint density at radius 2 is 2.00 bits per heavy atom. The average Bonchev–Trinajstić information content (AvgIpc) is 3.09. The summed E-state index contributed by atoms with van der Waals surface area (Å²) in [5.41, 5.74) is 0.508. The number of ether oxygens (including phenoxy) is 1. The van der Waals surface area contributed by atoms with E-state index in [0.717, 1.165) is 5.75 Å². The lowest BCUT2D eigenvalue weighted by molar-refractivity contribution is -0.113. The summed E-state index contributed by atoms with van der Waals surface area (Å²) >= 11 is 13.1. The van der Waals surface area contributed by atoms with E-state index in [0.29, 0.717) is 26.7 Å². The smallest absolute Gasteiger partial charge is 0.234 e. The summed E-state index contributed by atoms with van der Waals surface area (Å²) in [4.78, 5) is 16.3. The molecule has 26 heavy (non-hydrogen) atoms. The molecule has 0 bridgehead atoms. The zero-order chi connectivity index (χ0) is 18.4. The highest BCUT2D eigenvalue weighted by molar-refractivity contribution is 7.99. The van der Waals surface area contributed by atoms with Crippen LogP contribution in [0.15, 0.2) is 53.7 Å². The molecule has 1 heterocycles. The number of hydrogen-bond donors (Lipinski definition) is 2. The van der Waals surface area contributed by atoms with Gasteiger partial charge in [-0.25, -0.2) is 4.98 Å². The first-order valence-corrected chi connectivity index (χ1v) is 9.31.